The molecule has 230 valence electrons. The van der Waals surface area contributed by atoms with E-state index in [0.29, 0.717) is 6.61 Å². The maximum atomic E-state index is 13.2. The monoisotopic (exact) mass is 585 g/mol. The van der Waals surface area contributed by atoms with Gasteiger partial charge in [-0.1, -0.05) is 103 Å². The average Bonchev–Trinajstić information content (AvgIpc) is 3.33. The van der Waals surface area contributed by atoms with Crippen LogP contribution >= 0.6 is 7.60 Å². The van der Waals surface area contributed by atoms with Gasteiger partial charge in [-0.15, -0.1) is 0 Å². The number of nitrogens with zero attached hydrogens (tertiary/aromatic N) is 4. The number of imidazole rings is 1. The maximum Gasteiger partial charge on any atom is 0.351 e. The van der Waals surface area contributed by atoms with Gasteiger partial charge in [-0.25, -0.2) is 4.98 Å². The Hall–Kier alpha value is -1.78. The fraction of sp³-hybridized carbons (Fsp3) is 0.821. The van der Waals surface area contributed by atoms with Crippen molar-refractivity contribution in [2.45, 2.75) is 136 Å². The normalized spacial score (nSPS) is 13.7. The second kappa shape index (κ2) is 18.6. The summed E-state index contributed by atoms with van der Waals surface area (Å²) in [5, 5.41) is 0. The molecule has 0 fully saturated rings. The van der Waals surface area contributed by atoms with Crippen LogP contribution in [0.4, 0.5) is 5.95 Å². The lowest BCUT2D eigenvalue weighted by Crippen LogP contribution is -2.30. The number of aromatic nitrogens is 4. The summed E-state index contributed by atoms with van der Waals surface area (Å²) in [5.41, 5.74) is 5.77. The van der Waals surface area contributed by atoms with Crippen molar-refractivity contribution in [1.29, 1.82) is 0 Å². The van der Waals surface area contributed by atoms with Crippen molar-refractivity contribution in [1.82, 2.24) is 19.1 Å². The molecule has 11 nitrogen and oxygen atoms in total. The number of anilines is 1. The van der Waals surface area contributed by atoms with Crippen molar-refractivity contribution in [3.05, 3.63) is 16.7 Å². The van der Waals surface area contributed by atoms with Gasteiger partial charge in [0.25, 0.3) is 5.56 Å². The number of fused-ring (bicyclic) bond motifs is 1. The Morgan fingerprint density at radius 1 is 0.850 bits per heavy atom. The molecule has 2 rings (SSSR count). The van der Waals surface area contributed by atoms with E-state index in [1.165, 1.54) is 103 Å². The van der Waals surface area contributed by atoms with Gasteiger partial charge in [-0.3, -0.25) is 18.5 Å². The number of nitrogen functional groups attached to an aromatic ring is 1. The summed E-state index contributed by atoms with van der Waals surface area (Å²) in [4.78, 5) is 39.7. The van der Waals surface area contributed by atoms with Crippen LogP contribution in [0.15, 0.2) is 11.1 Å². The van der Waals surface area contributed by atoms with Crippen molar-refractivity contribution in [2.24, 2.45) is 0 Å². The molecule has 0 aromatic carbocycles. The zero-order valence-corrected chi connectivity index (χ0v) is 25.7. The second-order valence-corrected chi connectivity index (χ2v) is 12.4. The average molecular weight is 586 g/mol. The fourth-order valence-corrected chi connectivity index (χ4v) is 5.32. The quantitative estimate of drug-likeness (QED) is 0.0961. The molecule has 4 N–H and O–H groups in total. The van der Waals surface area contributed by atoms with Crippen LogP contribution in [0.25, 0.3) is 11.2 Å². The summed E-state index contributed by atoms with van der Waals surface area (Å²) in [5.74, 6) is -0.150. The minimum absolute atomic E-state index is 0.150. The molecule has 2 atom stereocenters. The SMILES string of the molecule is CCCCCCCCCCCCCCCCCCOC(C)n1cnc2nc(N)n(C(C)OCP(=O)(O)O)c(=O)c21. The zero-order valence-electron chi connectivity index (χ0n) is 24.8. The second-order valence-electron chi connectivity index (χ2n) is 10.8. The molecule has 2 heterocycles. The number of ether oxygens (including phenoxy) is 2. The smallest absolute Gasteiger partial charge is 0.351 e. The summed E-state index contributed by atoms with van der Waals surface area (Å²) in [6.45, 7) is 6.14. The molecule has 0 saturated carbocycles. The summed E-state index contributed by atoms with van der Waals surface area (Å²) in [7, 11) is -4.41. The topological polar surface area (TPSA) is 155 Å². The predicted octanol–water partition coefficient (Wildman–Crippen LogP) is 6.64. The van der Waals surface area contributed by atoms with Crippen LogP contribution in [-0.2, 0) is 14.0 Å². The van der Waals surface area contributed by atoms with Crippen molar-refractivity contribution in [2.75, 3.05) is 18.7 Å². The number of rotatable bonds is 23. The first kappa shape index (κ1) is 34.4. The molecule has 2 unspecified atom stereocenters. The molecule has 0 aliphatic rings. The Labute approximate surface area is 239 Å². The molecule has 0 spiro atoms. The van der Waals surface area contributed by atoms with Gasteiger partial charge in [-0.05, 0) is 20.3 Å². The van der Waals surface area contributed by atoms with E-state index < -0.39 is 32.0 Å². The summed E-state index contributed by atoms with van der Waals surface area (Å²) in [6, 6.07) is 0. The molecule has 0 bridgehead atoms. The number of hydrogen-bond acceptors (Lipinski definition) is 7. The predicted molar refractivity (Wildman–Crippen MR) is 159 cm³/mol. The Balaban J connectivity index is 1.64. The lowest BCUT2D eigenvalue weighted by molar-refractivity contribution is 0.0160. The first-order chi connectivity index (χ1) is 19.2. The molecule has 0 saturated heterocycles. The Bertz CT molecular complexity index is 1090. The third-order valence-corrected chi connectivity index (χ3v) is 7.74. The highest BCUT2D eigenvalue weighted by Crippen LogP contribution is 2.35. The van der Waals surface area contributed by atoms with Crippen LogP contribution in [0, 0.1) is 0 Å². The van der Waals surface area contributed by atoms with Gasteiger partial charge < -0.3 is 25.0 Å². The van der Waals surface area contributed by atoms with Crippen molar-refractivity contribution in [3.63, 3.8) is 0 Å². The molecule has 0 aliphatic heterocycles. The molecule has 40 heavy (non-hydrogen) atoms. The van der Waals surface area contributed by atoms with Gasteiger partial charge in [-0.2, -0.15) is 4.98 Å². The Morgan fingerprint density at radius 2 is 1.35 bits per heavy atom. The summed E-state index contributed by atoms with van der Waals surface area (Å²) in [6.07, 6.45) is 20.2. The lowest BCUT2D eigenvalue weighted by Gasteiger charge is -2.19. The van der Waals surface area contributed by atoms with Crippen LogP contribution < -0.4 is 11.3 Å². The molecule has 0 aliphatic carbocycles. The van der Waals surface area contributed by atoms with Crippen LogP contribution in [0.5, 0.6) is 0 Å². The van der Waals surface area contributed by atoms with E-state index in [2.05, 4.69) is 16.9 Å². The third-order valence-electron chi connectivity index (χ3n) is 7.26. The summed E-state index contributed by atoms with van der Waals surface area (Å²) >= 11 is 0. The van der Waals surface area contributed by atoms with Gasteiger partial charge in [0.1, 0.15) is 12.5 Å². The van der Waals surface area contributed by atoms with Crippen molar-refractivity contribution in [3.8, 4) is 0 Å². The highest BCUT2D eigenvalue weighted by Gasteiger charge is 2.22. The standard InChI is InChI=1S/C28H52N5O6P/c1-4-5-6-7-8-9-10-11-12-13-14-15-16-17-18-19-20-38-23(2)32-21-30-26-25(32)27(34)33(28(29)31-26)24(3)39-22-40(35,36)37/h21,23-24H,4-20,22H2,1-3H3,(H2,29,31)(H2,35,36,37). The van der Waals surface area contributed by atoms with E-state index in [4.69, 9.17) is 25.0 Å². The Kier molecular flexibility index (Phi) is 16.0. The molecule has 0 amide bonds. The zero-order chi connectivity index (χ0) is 29.4. The molecule has 12 heteroatoms. The maximum absolute atomic E-state index is 13.2. The lowest BCUT2D eigenvalue weighted by atomic mass is 10.0. The molecular formula is C28H52N5O6P. The van der Waals surface area contributed by atoms with Gasteiger partial charge >= 0.3 is 7.60 Å². The van der Waals surface area contributed by atoms with Crippen molar-refractivity contribution >= 4 is 24.7 Å². The Morgan fingerprint density at radius 3 is 1.85 bits per heavy atom. The molecule has 2 aromatic rings. The van der Waals surface area contributed by atoms with E-state index >= 15 is 0 Å². The van der Waals surface area contributed by atoms with Crippen LogP contribution in [0.2, 0.25) is 0 Å². The number of unbranched alkanes of at least 4 members (excludes halogenated alkanes) is 15. The highest BCUT2D eigenvalue weighted by molar-refractivity contribution is 7.51. The van der Waals surface area contributed by atoms with Crippen LogP contribution in [-0.4, -0.2) is 41.8 Å². The molecular weight excluding hydrogens is 533 g/mol. The highest BCUT2D eigenvalue weighted by atomic mass is 31.2. The van der Waals surface area contributed by atoms with Gasteiger partial charge in [0.05, 0.1) is 6.33 Å². The summed E-state index contributed by atoms with van der Waals surface area (Å²) < 4.78 is 24.9. The van der Waals surface area contributed by atoms with Gasteiger partial charge in [0.15, 0.2) is 17.5 Å². The first-order valence-electron chi connectivity index (χ1n) is 15.2. The van der Waals surface area contributed by atoms with E-state index in [-0.39, 0.29) is 17.1 Å². The van der Waals surface area contributed by atoms with E-state index in [1.807, 2.05) is 6.92 Å². The van der Waals surface area contributed by atoms with Crippen LogP contribution in [0.1, 0.15) is 136 Å². The number of hydrogen-bond donors (Lipinski definition) is 3. The third kappa shape index (κ3) is 12.4. The first-order valence-corrected chi connectivity index (χ1v) is 17.0. The minimum Gasteiger partial charge on any atom is -0.369 e. The molecule has 0 radical (unpaired) electrons. The van der Waals surface area contributed by atoms with E-state index in [0.717, 1.165) is 17.4 Å². The van der Waals surface area contributed by atoms with Crippen molar-refractivity contribution < 1.29 is 23.8 Å². The minimum atomic E-state index is -4.41. The van der Waals surface area contributed by atoms with E-state index in [9.17, 15) is 9.36 Å². The fourth-order valence-electron chi connectivity index (χ4n) is 4.91. The van der Waals surface area contributed by atoms with Crippen LogP contribution in [0.3, 0.4) is 0 Å². The largest absolute Gasteiger partial charge is 0.369 e. The van der Waals surface area contributed by atoms with E-state index in [1.54, 1.807) is 4.57 Å². The molecule has 2 aromatic heterocycles. The van der Waals surface area contributed by atoms with Gasteiger partial charge in [0, 0.05) is 6.61 Å². The number of nitrogens with two attached hydrogens (primary N) is 1. The van der Waals surface area contributed by atoms with Gasteiger partial charge in [0.2, 0.25) is 5.95 Å².